The maximum atomic E-state index is 12.5. The number of aryl methyl sites for hydroxylation is 2. The summed E-state index contributed by atoms with van der Waals surface area (Å²) in [6.45, 7) is 4.53. The standard InChI is InChI=1S/C19H19NO3S/c1-13-3-5-18(6-4-13)24(21,22)23-17-11-16-10-14(2)9-15-7-8-20(12-17)19(15)16/h3-10,17H,11-12H2,1-2H3. The average Bonchev–Trinajstić information content (AvgIpc) is 2.90. The minimum Gasteiger partial charge on any atom is -0.345 e. The maximum Gasteiger partial charge on any atom is 0.297 e. The number of rotatable bonds is 3. The molecule has 0 saturated carbocycles. The van der Waals surface area contributed by atoms with Gasteiger partial charge in [0.05, 0.1) is 23.1 Å². The molecular formula is C19H19NO3S. The third-order valence-electron chi connectivity index (χ3n) is 4.50. The molecule has 0 spiro atoms. The number of hydrogen-bond donors (Lipinski definition) is 0. The summed E-state index contributed by atoms with van der Waals surface area (Å²) in [5.41, 5.74) is 4.53. The van der Waals surface area contributed by atoms with Crippen LogP contribution in [0.2, 0.25) is 0 Å². The Morgan fingerprint density at radius 2 is 1.79 bits per heavy atom. The first-order valence-electron chi connectivity index (χ1n) is 8.01. The van der Waals surface area contributed by atoms with E-state index in [2.05, 4.69) is 29.7 Å². The van der Waals surface area contributed by atoms with Gasteiger partial charge in [0.15, 0.2) is 0 Å². The van der Waals surface area contributed by atoms with Crippen molar-refractivity contribution in [3.05, 3.63) is 65.4 Å². The first kappa shape index (κ1) is 15.4. The van der Waals surface area contributed by atoms with Crippen LogP contribution < -0.4 is 0 Å². The summed E-state index contributed by atoms with van der Waals surface area (Å²) in [5.74, 6) is 0. The van der Waals surface area contributed by atoms with Gasteiger partial charge in [-0.05, 0) is 43.7 Å². The van der Waals surface area contributed by atoms with Crippen molar-refractivity contribution in [2.45, 2.75) is 37.8 Å². The molecule has 4 nitrogen and oxygen atoms in total. The Bertz CT molecular complexity index is 1020. The van der Waals surface area contributed by atoms with Gasteiger partial charge in [0.25, 0.3) is 10.1 Å². The van der Waals surface area contributed by atoms with E-state index >= 15 is 0 Å². The lowest BCUT2D eigenvalue weighted by atomic mass is 9.99. The van der Waals surface area contributed by atoms with Crippen molar-refractivity contribution in [3.63, 3.8) is 0 Å². The van der Waals surface area contributed by atoms with Gasteiger partial charge in [-0.1, -0.05) is 29.3 Å². The van der Waals surface area contributed by atoms with Gasteiger partial charge in [-0.15, -0.1) is 0 Å². The molecule has 4 rings (SSSR count). The van der Waals surface area contributed by atoms with Crippen LogP contribution in [-0.2, 0) is 27.3 Å². The number of hydrogen-bond acceptors (Lipinski definition) is 3. The zero-order chi connectivity index (χ0) is 16.9. The molecule has 0 radical (unpaired) electrons. The monoisotopic (exact) mass is 341 g/mol. The van der Waals surface area contributed by atoms with Crippen LogP contribution in [0.5, 0.6) is 0 Å². The summed E-state index contributed by atoms with van der Waals surface area (Å²) in [4.78, 5) is 0.209. The van der Waals surface area contributed by atoms with E-state index in [0.29, 0.717) is 13.0 Å². The topological polar surface area (TPSA) is 48.3 Å². The molecule has 0 bridgehead atoms. The molecule has 24 heavy (non-hydrogen) atoms. The van der Waals surface area contributed by atoms with Crippen molar-refractivity contribution in [2.24, 2.45) is 0 Å². The third kappa shape index (κ3) is 2.64. The van der Waals surface area contributed by atoms with Crippen molar-refractivity contribution in [1.82, 2.24) is 4.57 Å². The second kappa shape index (κ2) is 5.46. The van der Waals surface area contributed by atoms with Gasteiger partial charge in [0.1, 0.15) is 0 Å². The molecule has 3 aromatic rings. The fourth-order valence-corrected chi connectivity index (χ4v) is 4.51. The highest BCUT2D eigenvalue weighted by Crippen LogP contribution is 2.30. The molecule has 0 aliphatic carbocycles. The second-order valence-electron chi connectivity index (χ2n) is 6.52. The molecular weight excluding hydrogens is 322 g/mol. The molecule has 0 fully saturated rings. The lowest BCUT2D eigenvalue weighted by Gasteiger charge is -2.25. The minimum absolute atomic E-state index is 0.209. The highest BCUT2D eigenvalue weighted by molar-refractivity contribution is 7.86. The van der Waals surface area contributed by atoms with Crippen LogP contribution in [-0.4, -0.2) is 19.1 Å². The van der Waals surface area contributed by atoms with Crippen molar-refractivity contribution < 1.29 is 12.6 Å². The summed E-state index contributed by atoms with van der Waals surface area (Å²) >= 11 is 0. The Hall–Kier alpha value is -2.11. The van der Waals surface area contributed by atoms with Gasteiger partial charge in [-0.25, -0.2) is 0 Å². The Morgan fingerprint density at radius 3 is 2.54 bits per heavy atom. The molecule has 0 saturated heterocycles. The third-order valence-corrected chi connectivity index (χ3v) is 5.88. The fourth-order valence-electron chi connectivity index (χ4n) is 3.45. The van der Waals surface area contributed by atoms with E-state index in [1.165, 1.54) is 16.5 Å². The Morgan fingerprint density at radius 1 is 1.04 bits per heavy atom. The van der Waals surface area contributed by atoms with Crippen LogP contribution in [0.3, 0.4) is 0 Å². The molecule has 1 unspecified atom stereocenters. The van der Waals surface area contributed by atoms with Gasteiger partial charge in [0, 0.05) is 18.0 Å². The van der Waals surface area contributed by atoms with E-state index in [9.17, 15) is 8.42 Å². The minimum atomic E-state index is -3.75. The first-order valence-corrected chi connectivity index (χ1v) is 9.41. The Kier molecular flexibility index (Phi) is 3.51. The zero-order valence-electron chi connectivity index (χ0n) is 13.7. The molecule has 0 N–H and O–H groups in total. The summed E-state index contributed by atoms with van der Waals surface area (Å²) in [6.07, 6.45) is 2.22. The van der Waals surface area contributed by atoms with Gasteiger partial charge in [-0.2, -0.15) is 8.42 Å². The highest BCUT2D eigenvalue weighted by Gasteiger charge is 2.27. The van der Waals surface area contributed by atoms with Gasteiger partial charge >= 0.3 is 0 Å². The van der Waals surface area contributed by atoms with Crippen molar-refractivity contribution in [2.75, 3.05) is 0 Å². The van der Waals surface area contributed by atoms with Crippen LogP contribution in [0.4, 0.5) is 0 Å². The lowest BCUT2D eigenvalue weighted by molar-refractivity contribution is 0.185. The number of aromatic nitrogens is 1. The predicted octanol–water partition coefficient (Wildman–Crippen LogP) is 3.59. The van der Waals surface area contributed by atoms with E-state index in [1.807, 2.05) is 13.1 Å². The summed E-state index contributed by atoms with van der Waals surface area (Å²) in [5, 5.41) is 1.20. The van der Waals surface area contributed by atoms with Gasteiger partial charge in [0.2, 0.25) is 0 Å². The molecule has 2 aromatic carbocycles. The normalized spacial score (nSPS) is 17.3. The van der Waals surface area contributed by atoms with Crippen LogP contribution in [0.25, 0.3) is 10.9 Å². The second-order valence-corrected chi connectivity index (χ2v) is 8.09. The van der Waals surface area contributed by atoms with Crippen LogP contribution in [0, 0.1) is 13.8 Å². The predicted molar refractivity (Wildman–Crippen MR) is 93.6 cm³/mol. The maximum absolute atomic E-state index is 12.5. The Labute approximate surface area is 141 Å². The van der Waals surface area contributed by atoms with Crippen LogP contribution in [0.15, 0.2) is 53.6 Å². The molecule has 1 aromatic heterocycles. The van der Waals surface area contributed by atoms with Crippen molar-refractivity contribution in [1.29, 1.82) is 0 Å². The Balaban J connectivity index is 1.64. The van der Waals surface area contributed by atoms with Crippen LogP contribution >= 0.6 is 0 Å². The molecule has 0 amide bonds. The van der Waals surface area contributed by atoms with E-state index in [-0.39, 0.29) is 11.0 Å². The molecule has 124 valence electrons. The summed E-state index contributed by atoms with van der Waals surface area (Å²) < 4.78 is 32.7. The molecule has 1 aliphatic rings. The van der Waals surface area contributed by atoms with Gasteiger partial charge in [-0.3, -0.25) is 4.18 Å². The molecule has 2 heterocycles. The van der Waals surface area contributed by atoms with Crippen molar-refractivity contribution in [3.8, 4) is 0 Å². The van der Waals surface area contributed by atoms with E-state index < -0.39 is 10.1 Å². The van der Waals surface area contributed by atoms with Crippen LogP contribution in [0.1, 0.15) is 16.7 Å². The molecule has 1 aliphatic heterocycles. The molecule has 1 atom stereocenters. The lowest BCUT2D eigenvalue weighted by Crippen LogP contribution is -2.29. The number of benzene rings is 2. The van der Waals surface area contributed by atoms with Gasteiger partial charge < -0.3 is 4.57 Å². The van der Waals surface area contributed by atoms with E-state index in [1.54, 1.807) is 24.3 Å². The van der Waals surface area contributed by atoms with Crippen molar-refractivity contribution >= 4 is 21.0 Å². The highest BCUT2D eigenvalue weighted by atomic mass is 32.2. The molecule has 5 heteroatoms. The fraction of sp³-hybridized carbons (Fsp3) is 0.263. The summed E-state index contributed by atoms with van der Waals surface area (Å²) in [6, 6.07) is 13.1. The smallest absolute Gasteiger partial charge is 0.297 e. The first-order chi connectivity index (χ1) is 11.4. The number of nitrogens with zero attached hydrogens (tertiary/aromatic N) is 1. The summed E-state index contributed by atoms with van der Waals surface area (Å²) in [7, 11) is -3.75. The largest absolute Gasteiger partial charge is 0.345 e. The average molecular weight is 341 g/mol. The SMILES string of the molecule is Cc1ccc(S(=O)(=O)OC2Cc3cc(C)cc4ccn(c34)C2)cc1. The quantitative estimate of drug-likeness (QED) is 0.684. The van der Waals surface area contributed by atoms with E-state index in [4.69, 9.17) is 4.18 Å². The van der Waals surface area contributed by atoms with E-state index in [0.717, 1.165) is 11.1 Å². The zero-order valence-corrected chi connectivity index (χ0v) is 14.5.